The number of nitrogens with zero attached hydrogens (tertiary/aromatic N) is 5. The van der Waals surface area contributed by atoms with Crippen molar-refractivity contribution < 1.29 is 21.1 Å². The predicted molar refractivity (Wildman–Crippen MR) is 187 cm³/mol. The normalized spacial score (nSPS) is 11.2. The Morgan fingerprint density at radius 2 is 1.40 bits per heavy atom. The minimum Gasteiger partial charge on any atom is -0.346 e. The van der Waals surface area contributed by atoms with Gasteiger partial charge in [-0.15, -0.1) is 53.6 Å². The number of thiazole rings is 1. The van der Waals surface area contributed by atoms with Gasteiger partial charge in [-0.05, 0) is 75.4 Å². The molecular formula is C40H23N5PtS. The first-order valence-corrected chi connectivity index (χ1v) is 15.8. The Morgan fingerprint density at radius 3 is 2.17 bits per heavy atom. The van der Waals surface area contributed by atoms with E-state index in [0.717, 1.165) is 81.8 Å². The van der Waals surface area contributed by atoms with Gasteiger partial charge < -0.3 is 9.55 Å². The molecule has 0 aliphatic rings. The van der Waals surface area contributed by atoms with Crippen LogP contribution in [-0.4, -0.2) is 24.5 Å². The molecule has 0 saturated heterocycles. The van der Waals surface area contributed by atoms with Crippen molar-refractivity contribution in [2.75, 3.05) is 0 Å². The molecule has 0 spiro atoms. The van der Waals surface area contributed by atoms with Gasteiger partial charge in [-0.3, -0.25) is 15.0 Å². The van der Waals surface area contributed by atoms with E-state index in [-0.39, 0.29) is 21.1 Å². The first kappa shape index (κ1) is 29.1. The third-order valence-electron chi connectivity index (χ3n) is 8.25. The van der Waals surface area contributed by atoms with Gasteiger partial charge in [-0.25, -0.2) is 0 Å². The summed E-state index contributed by atoms with van der Waals surface area (Å²) in [6.07, 6.45) is 9.21. The SMILES string of the molecule is [Pt+2].[c-]1c(-c2ccccn2)cccc1-n1c2[c-]c(-c3nc4ccc(-c5cccnc5)cc4s3)ccc2c2cc(-c3cccnc3)ccc21. The van der Waals surface area contributed by atoms with Gasteiger partial charge >= 0.3 is 21.1 Å². The Kier molecular flexibility index (Phi) is 7.53. The zero-order chi connectivity index (χ0) is 30.5. The summed E-state index contributed by atoms with van der Waals surface area (Å²) in [5.74, 6) is 0. The average molecular weight is 801 g/mol. The van der Waals surface area contributed by atoms with Crippen LogP contribution in [0.5, 0.6) is 0 Å². The fourth-order valence-corrected chi connectivity index (χ4v) is 7.03. The number of aromatic nitrogens is 5. The van der Waals surface area contributed by atoms with Gasteiger partial charge in [-0.2, -0.15) is 11.3 Å². The molecule has 5 heterocycles. The summed E-state index contributed by atoms with van der Waals surface area (Å²) in [6.45, 7) is 0. The Hall–Kier alpha value is -5.29. The van der Waals surface area contributed by atoms with Crippen LogP contribution in [0.4, 0.5) is 0 Å². The summed E-state index contributed by atoms with van der Waals surface area (Å²) >= 11 is 1.68. The molecule has 0 bridgehead atoms. The maximum Gasteiger partial charge on any atom is 2.00 e. The fourth-order valence-electron chi connectivity index (χ4n) is 6.04. The summed E-state index contributed by atoms with van der Waals surface area (Å²) in [5.41, 5.74) is 11.1. The standard InChI is InChI=1S/C40H23N5S.Pt/c1-2-19-43-35(10-1)28-6-3-9-32(20-28)45-37-16-13-26(30-7-4-17-41-24-30)21-34(37)33-14-11-29(22-38(33)45)40-44-36-15-12-27(23-39(36)46-40)31-8-5-18-42-25-31;/h1-19,21,23-25H;/q-2;+2. The van der Waals surface area contributed by atoms with E-state index in [0.29, 0.717) is 0 Å². The zero-order valence-corrected chi connectivity index (χ0v) is 27.8. The van der Waals surface area contributed by atoms with Crippen LogP contribution in [0.15, 0.2) is 140 Å². The van der Waals surface area contributed by atoms with Crippen LogP contribution in [0, 0.1) is 12.1 Å². The van der Waals surface area contributed by atoms with Crippen molar-refractivity contribution in [2.24, 2.45) is 0 Å². The average Bonchev–Trinajstić information content (AvgIpc) is 3.71. The summed E-state index contributed by atoms with van der Waals surface area (Å²) in [7, 11) is 0. The third-order valence-corrected chi connectivity index (χ3v) is 9.30. The molecule has 9 aromatic rings. The second-order valence-electron chi connectivity index (χ2n) is 11.1. The van der Waals surface area contributed by atoms with Crippen LogP contribution in [0.25, 0.3) is 81.8 Å². The van der Waals surface area contributed by atoms with Crippen LogP contribution >= 0.6 is 11.3 Å². The second kappa shape index (κ2) is 12.1. The summed E-state index contributed by atoms with van der Waals surface area (Å²) in [6, 6.07) is 45.0. The van der Waals surface area contributed by atoms with Crippen molar-refractivity contribution in [3.8, 4) is 49.8 Å². The maximum absolute atomic E-state index is 5.03. The Morgan fingerprint density at radius 1 is 0.596 bits per heavy atom. The molecule has 5 nitrogen and oxygen atoms in total. The van der Waals surface area contributed by atoms with Gasteiger partial charge in [0.1, 0.15) is 0 Å². The number of benzene rings is 4. The molecule has 0 amide bonds. The van der Waals surface area contributed by atoms with Gasteiger partial charge in [0.05, 0.1) is 5.52 Å². The molecule has 5 aromatic heterocycles. The van der Waals surface area contributed by atoms with Crippen molar-refractivity contribution in [3.63, 3.8) is 0 Å². The quantitative estimate of drug-likeness (QED) is 0.163. The van der Waals surface area contributed by atoms with E-state index in [9.17, 15) is 0 Å². The first-order chi connectivity index (χ1) is 22.8. The van der Waals surface area contributed by atoms with E-state index < -0.39 is 0 Å². The first-order valence-electron chi connectivity index (χ1n) is 14.9. The van der Waals surface area contributed by atoms with Gasteiger partial charge in [0.2, 0.25) is 0 Å². The molecular weight excluding hydrogens is 778 g/mol. The Balaban J connectivity index is 0.00000324. The van der Waals surface area contributed by atoms with E-state index in [2.05, 4.69) is 111 Å². The van der Waals surface area contributed by atoms with Crippen molar-refractivity contribution in [1.82, 2.24) is 24.5 Å². The molecule has 9 rings (SSSR count). The smallest absolute Gasteiger partial charge is 0.346 e. The van der Waals surface area contributed by atoms with Crippen molar-refractivity contribution >= 4 is 43.4 Å². The topological polar surface area (TPSA) is 56.5 Å². The largest absolute Gasteiger partial charge is 2.00 e. The molecule has 0 aliphatic heterocycles. The van der Waals surface area contributed by atoms with E-state index in [4.69, 9.17) is 4.98 Å². The van der Waals surface area contributed by atoms with E-state index in [1.54, 1.807) is 23.7 Å². The van der Waals surface area contributed by atoms with Crippen LogP contribution in [0.1, 0.15) is 0 Å². The van der Waals surface area contributed by atoms with E-state index >= 15 is 0 Å². The number of fused-ring (bicyclic) bond motifs is 4. The van der Waals surface area contributed by atoms with E-state index in [1.165, 1.54) is 0 Å². The number of hydrogen-bond acceptors (Lipinski definition) is 5. The molecule has 0 aliphatic carbocycles. The van der Waals surface area contributed by atoms with Gasteiger partial charge in [0.25, 0.3) is 0 Å². The minimum absolute atomic E-state index is 0. The van der Waals surface area contributed by atoms with Crippen molar-refractivity contribution in [2.45, 2.75) is 0 Å². The minimum atomic E-state index is 0. The van der Waals surface area contributed by atoms with Gasteiger partial charge in [0, 0.05) is 51.8 Å². The van der Waals surface area contributed by atoms with Gasteiger partial charge in [0.15, 0.2) is 0 Å². The zero-order valence-electron chi connectivity index (χ0n) is 24.7. The molecule has 0 atom stereocenters. The summed E-state index contributed by atoms with van der Waals surface area (Å²) in [5, 5.41) is 3.18. The van der Waals surface area contributed by atoms with Crippen LogP contribution in [0.2, 0.25) is 0 Å². The molecule has 47 heavy (non-hydrogen) atoms. The van der Waals surface area contributed by atoms with Crippen LogP contribution in [0.3, 0.4) is 0 Å². The molecule has 0 saturated carbocycles. The molecule has 0 unspecified atom stereocenters. The second-order valence-corrected chi connectivity index (χ2v) is 12.1. The number of hydrogen-bond donors (Lipinski definition) is 0. The number of rotatable bonds is 5. The Bertz CT molecular complexity index is 2530. The van der Waals surface area contributed by atoms with Crippen molar-refractivity contribution in [1.29, 1.82) is 0 Å². The molecule has 0 radical (unpaired) electrons. The molecule has 0 N–H and O–H groups in total. The van der Waals surface area contributed by atoms with Crippen LogP contribution < -0.4 is 0 Å². The maximum atomic E-state index is 5.03. The molecule has 4 aromatic carbocycles. The number of pyridine rings is 3. The summed E-state index contributed by atoms with van der Waals surface area (Å²) in [4.78, 5) is 18.2. The molecule has 0 fully saturated rings. The fraction of sp³-hybridized carbons (Fsp3) is 0. The molecule has 224 valence electrons. The Labute approximate surface area is 289 Å². The van der Waals surface area contributed by atoms with E-state index in [1.807, 2.05) is 48.9 Å². The van der Waals surface area contributed by atoms with Crippen LogP contribution in [-0.2, 0) is 21.1 Å². The summed E-state index contributed by atoms with van der Waals surface area (Å²) < 4.78 is 3.38. The third kappa shape index (κ3) is 5.26. The molecule has 7 heteroatoms. The monoisotopic (exact) mass is 800 g/mol. The van der Waals surface area contributed by atoms with Gasteiger partial charge in [-0.1, -0.05) is 47.9 Å². The predicted octanol–water partition coefficient (Wildman–Crippen LogP) is 9.84. The van der Waals surface area contributed by atoms with Crippen molar-refractivity contribution in [3.05, 3.63) is 152 Å².